The van der Waals surface area contributed by atoms with Gasteiger partial charge in [-0.15, -0.1) is 22.7 Å². The molecule has 4 aromatic rings. The number of rotatable bonds is 7. The van der Waals surface area contributed by atoms with E-state index in [0.717, 1.165) is 31.7 Å². The minimum atomic E-state index is -0.0597. The van der Waals surface area contributed by atoms with E-state index in [1.807, 2.05) is 60.8 Å². The van der Waals surface area contributed by atoms with Crippen LogP contribution in [0.15, 0.2) is 53.9 Å². The highest BCUT2D eigenvalue weighted by atomic mass is 32.1. The average Bonchev–Trinajstić information content (AvgIpc) is 3.32. The summed E-state index contributed by atoms with van der Waals surface area (Å²) >= 11 is 3.10. The van der Waals surface area contributed by atoms with Crippen molar-refractivity contribution < 1.29 is 9.53 Å². The normalized spacial score (nSPS) is 10.9. The van der Waals surface area contributed by atoms with Crippen molar-refractivity contribution in [1.29, 1.82) is 0 Å². The molecule has 1 N–H and O–H groups in total. The minimum absolute atomic E-state index is 0.0597. The molecule has 0 unspecified atom stereocenters. The first-order valence-corrected chi connectivity index (χ1v) is 10.6. The zero-order valence-electron chi connectivity index (χ0n) is 15.3. The Morgan fingerprint density at radius 2 is 1.89 bits per heavy atom. The van der Waals surface area contributed by atoms with Gasteiger partial charge in [0.05, 0.1) is 28.9 Å². The fourth-order valence-corrected chi connectivity index (χ4v) is 4.28. The van der Waals surface area contributed by atoms with Gasteiger partial charge in [-0.25, -0.2) is 9.97 Å². The molecule has 2 aromatic carbocycles. The number of aromatic nitrogens is 2. The van der Waals surface area contributed by atoms with Gasteiger partial charge in [-0.3, -0.25) is 4.79 Å². The molecule has 4 rings (SSSR count). The quantitative estimate of drug-likeness (QED) is 0.488. The highest BCUT2D eigenvalue weighted by Gasteiger charge is 2.10. The number of fused-ring (bicyclic) bond motifs is 1. The van der Waals surface area contributed by atoms with Crippen molar-refractivity contribution in [2.75, 3.05) is 0 Å². The molecule has 0 aliphatic carbocycles. The monoisotopic (exact) mass is 409 g/mol. The first-order chi connectivity index (χ1) is 13.7. The molecule has 0 spiro atoms. The third-order valence-corrected chi connectivity index (χ3v) is 6.01. The highest BCUT2D eigenvalue weighted by molar-refractivity contribution is 7.18. The summed E-state index contributed by atoms with van der Waals surface area (Å²) in [6, 6.07) is 15.9. The van der Waals surface area contributed by atoms with Crippen molar-refractivity contribution in [3.63, 3.8) is 0 Å². The molecular weight excluding hydrogens is 390 g/mol. The molecule has 28 heavy (non-hydrogen) atoms. The van der Waals surface area contributed by atoms with Gasteiger partial charge in [0.2, 0.25) is 5.91 Å². The van der Waals surface area contributed by atoms with E-state index < -0.39 is 0 Å². The van der Waals surface area contributed by atoms with E-state index in [1.54, 1.807) is 11.3 Å². The number of hydrogen-bond acceptors (Lipinski definition) is 6. The second kappa shape index (κ2) is 8.50. The molecular formula is C21H19N3O2S2. The van der Waals surface area contributed by atoms with Gasteiger partial charge in [-0.2, -0.15) is 0 Å². The topological polar surface area (TPSA) is 64.1 Å². The summed E-state index contributed by atoms with van der Waals surface area (Å²) in [5.74, 6) is 0.756. The fourth-order valence-electron chi connectivity index (χ4n) is 2.67. The Balaban J connectivity index is 1.27. The molecule has 7 heteroatoms. The van der Waals surface area contributed by atoms with E-state index >= 15 is 0 Å². The van der Waals surface area contributed by atoms with Crippen LogP contribution in [0.5, 0.6) is 5.75 Å². The maximum absolute atomic E-state index is 12.2. The van der Waals surface area contributed by atoms with E-state index in [0.29, 0.717) is 13.2 Å². The third kappa shape index (κ3) is 4.74. The Morgan fingerprint density at radius 3 is 2.71 bits per heavy atom. The number of ether oxygens (including phenoxy) is 1. The van der Waals surface area contributed by atoms with Crippen molar-refractivity contribution in [3.05, 3.63) is 75.2 Å². The third-order valence-electron chi connectivity index (χ3n) is 4.10. The lowest BCUT2D eigenvalue weighted by Crippen LogP contribution is -2.24. The van der Waals surface area contributed by atoms with Crippen LogP contribution < -0.4 is 10.1 Å². The fraction of sp³-hybridized carbons (Fsp3) is 0.190. The summed E-state index contributed by atoms with van der Waals surface area (Å²) in [4.78, 5) is 21.2. The number of thiazole rings is 2. The van der Waals surface area contributed by atoms with E-state index in [4.69, 9.17) is 4.74 Å². The van der Waals surface area contributed by atoms with Gasteiger partial charge in [-0.1, -0.05) is 29.8 Å². The predicted molar refractivity (Wildman–Crippen MR) is 113 cm³/mol. The number of hydrogen-bond donors (Lipinski definition) is 1. The van der Waals surface area contributed by atoms with Gasteiger partial charge < -0.3 is 10.1 Å². The number of aryl methyl sites for hydroxylation is 1. The summed E-state index contributed by atoms with van der Waals surface area (Å²) in [5.41, 5.74) is 2.92. The van der Waals surface area contributed by atoms with Gasteiger partial charge in [0.25, 0.3) is 0 Å². The van der Waals surface area contributed by atoms with Crippen molar-refractivity contribution in [3.8, 4) is 5.75 Å². The lowest BCUT2D eigenvalue weighted by atomic mass is 10.2. The SMILES string of the molecule is Cc1ccc(OCc2nc(CC(=O)NCc3nc4ccccc4s3)cs2)cc1. The van der Waals surface area contributed by atoms with Crippen LogP contribution in [-0.4, -0.2) is 15.9 Å². The number of nitrogens with one attached hydrogen (secondary N) is 1. The van der Waals surface area contributed by atoms with E-state index in [-0.39, 0.29) is 12.3 Å². The maximum Gasteiger partial charge on any atom is 0.226 e. The van der Waals surface area contributed by atoms with Crippen LogP contribution in [0.1, 0.15) is 21.3 Å². The van der Waals surface area contributed by atoms with Crippen LogP contribution in [0.25, 0.3) is 10.2 Å². The van der Waals surface area contributed by atoms with E-state index in [2.05, 4.69) is 15.3 Å². The largest absolute Gasteiger partial charge is 0.486 e. The number of carbonyl (C=O) groups is 1. The number of nitrogens with zero attached hydrogens (tertiary/aromatic N) is 2. The van der Waals surface area contributed by atoms with Gasteiger partial charge in [-0.05, 0) is 31.2 Å². The summed E-state index contributed by atoms with van der Waals surface area (Å²) in [6.07, 6.45) is 0.256. The Kier molecular flexibility index (Phi) is 5.64. The standard InChI is InChI=1S/C21H19N3O2S2/c1-14-6-8-16(9-7-14)26-12-21-23-15(13-27-21)10-19(25)22-11-20-24-17-4-2-3-5-18(17)28-20/h2-9,13H,10-12H2,1H3,(H,22,25). The van der Waals surface area contributed by atoms with Crippen LogP contribution in [0.3, 0.4) is 0 Å². The smallest absolute Gasteiger partial charge is 0.226 e. The highest BCUT2D eigenvalue weighted by Crippen LogP contribution is 2.21. The average molecular weight is 410 g/mol. The first-order valence-electron chi connectivity index (χ1n) is 8.89. The summed E-state index contributed by atoms with van der Waals surface area (Å²) < 4.78 is 6.87. The number of carbonyl (C=O) groups excluding carboxylic acids is 1. The summed E-state index contributed by atoms with van der Waals surface area (Å²) in [6.45, 7) is 2.88. The minimum Gasteiger partial charge on any atom is -0.486 e. The van der Waals surface area contributed by atoms with E-state index in [1.165, 1.54) is 16.9 Å². The van der Waals surface area contributed by atoms with Crippen LogP contribution in [0.2, 0.25) is 0 Å². The second-order valence-corrected chi connectivity index (χ2v) is 8.42. The van der Waals surface area contributed by atoms with Crippen LogP contribution in [0.4, 0.5) is 0 Å². The Bertz CT molecular complexity index is 1050. The van der Waals surface area contributed by atoms with E-state index in [9.17, 15) is 4.79 Å². The van der Waals surface area contributed by atoms with Crippen LogP contribution >= 0.6 is 22.7 Å². The van der Waals surface area contributed by atoms with Gasteiger partial charge >= 0.3 is 0 Å². The predicted octanol–water partition coefficient (Wildman–Crippen LogP) is 4.50. The molecule has 0 radical (unpaired) electrons. The number of benzene rings is 2. The zero-order chi connectivity index (χ0) is 19.3. The molecule has 1 amide bonds. The number of amides is 1. The van der Waals surface area contributed by atoms with Crippen molar-refractivity contribution >= 4 is 38.8 Å². The second-order valence-electron chi connectivity index (χ2n) is 6.36. The van der Waals surface area contributed by atoms with Crippen molar-refractivity contribution in [1.82, 2.24) is 15.3 Å². The lowest BCUT2D eigenvalue weighted by Gasteiger charge is -2.04. The molecule has 0 saturated carbocycles. The Morgan fingerprint density at radius 1 is 1.07 bits per heavy atom. The molecule has 0 bridgehead atoms. The summed E-state index contributed by atoms with van der Waals surface area (Å²) in [7, 11) is 0. The Labute approximate surface area is 171 Å². The lowest BCUT2D eigenvalue weighted by molar-refractivity contribution is -0.120. The molecule has 0 aliphatic heterocycles. The van der Waals surface area contributed by atoms with Gasteiger partial charge in [0, 0.05) is 5.38 Å². The van der Waals surface area contributed by atoms with Crippen molar-refractivity contribution in [2.45, 2.75) is 26.5 Å². The van der Waals surface area contributed by atoms with Gasteiger partial charge in [0.15, 0.2) is 0 Å². The van der Waals surface area contributed by atoms with Crippen LogP contribution in [0, 0.1) is 6.92 Å². The molecule has 142 valence electrons. The zero-order valence-corrected chi connectivity index (χ0v) is 17.0. The maximum atomic E-state index is 12.2. The molecule has 2 heterocycles. The Hall–Kier alpha value is -2.77. The van der Waals surface area contributed by atoms with Gasteiger partial charge in [0.1, 0.15) is 22.4 Å². The number of para-hydroxylation sites is 1. The molecule has 0 atom stereocenters. The first kappa shape index (κ1) is 18.6. The molecule has 2 aromatic heterocycles. The van der Waals surface area contributed by atoms with Crippen LogP contribution in [-0.2, 0) is 24.4 Å². The molecule has 0 saturated heterocycles. The molecule has 5 nitrogen and oxygen atoms in total. The molecule has 0 fully saturated rings. The summed E-state index contributed by atoms with van der Waals surface area (Å²) in [5, 5.41) is 6.59. The molecule has 0 aliphatic rings. The van der Waals surface area contributed by atoms with Crippen molar-refractivity contribution in [2.24, 2.45) is 0 Å².